The maximum Gasteiger partial charge on any atom is 0.160 e. The van der Waals surface area contributed by atoms with Crippen LogP contribution >= 0.6 is 23.4 Å². The van der Waals surface area contributed by atoms with Crippen molar-refractivity contribution in [2.24, 2.45) is 0 Å². The molecule has 1 aromatic carbocycles. The molecule has 1 N–H and O–H groups in total. The van der Waals surface area contributed by atoms with E-state index in [2.05, 4.69) is 12.2 Å². The Bertz CT molecular complexity index is 320. The number of methoxy groups -OCH3 is 1. The molecule has 0 heterocycles. The molecule has 0 aromatic heterocycles. The van der Waals surface area contributed by atoms with Crippen LogP contribution in [-0.4, -0.2) is 25.2 Å². The summed E-state index contributed by atoms with van der Waals surface area (Å²) < 4.78 is 5.25. The number of thioether (sulfide) groups is 1. The van der Waals surface area contributed by atoms with Gasteiger partial charge >= 0.3 is 0 Å². The number of nitrogens with one attached hydrogen (secondary N) is 1. The maximum absolute atomic E-state index is 6.02. The fourth-order valence-corrected chi connectivity index (χ4v) is 2.29. The summed E-state index contributed by atoms with van der Waals surface area (Å²) in [5.41, 5.74) is 0.969. The van der Waals surface area contributed by atoms with Gasteiger partial charge in [-0.2, -0.15) is 11.8 Å². The van der Waals surface area contributed by atoms with Crippen LogP contribution in [0.1, 0.15) is 13.3 Å². The molecular weight excluding hydrogens is 242 g/mol. The van der Waals surface area contributed by atoms with E-state index in [1.807, 2.05) is 30.0 Å². The van der Waals surface area contributed by atoms with Gasteiger partial charge in [0, 0.05) is 6.54 Å². The summed E-state index contributed by atoms with van der Waals surface area (Å²) in [4.78, 5) is 0. The van der Waals surface area contributed by atoms with Gasteiger partial charge in [0.15, 0.2) is 5.75 Å². The van der Waals surface area contributed by atoms with E-state index in [-0.39, 0.29) is 0 Å². The van der Waals surface area contributed by atoms with E-state index in [0.717, 1.165) is 24.4 Å². The highest BCUT2D eigenvalue weighted by Crippen LogP contribution is 2.32. The number of anilines is 1. The number of para-hydroxylation sites is 1. The Labute approximate surface area is 107 Å². The molecule has 4 heteroatoms. The Kier molecular flexibility index (Phi) is 6.50. The number of ether oxygens (including phenoxy) is 1. The van der Waals surface area contributed by atoms with E-state index in [4.69, 9.17) is 16.3 Å². The minimum absolute atomic E-state index is 0.649. The number of benzene rings is 1. The highest BCUT2D eigenvalue weighted by atomic mass is 35.5. The Morgan fingerprint density at radius 1 is 1.44 bits per heavy atom. The van der Waals surface area contributed by atoms with Gasteiger partial charge in [-0.25, -0.2) is 0 Å². The molecule has 1 aromatic rings. The first-order valence-corrected chi connectivity index (χ1v) is 6.97. The average Bonchev–Trinajstić information content (AvgIpc) is 2.29. The van der Waals surface area contributed by atoms with Crippen LogP contribution in [0.25, 0.3) is 0 Å². The molecule has 0 unspecified atom stereocenters. The Morgan fingerprint density at radius 2 is 2.25 bits per heavy atom. The topological polar surface area (TPSA) is 21.3 Å². The van der Waals surface area contributed by atoms with Crippen LogP contribution in [0.4, 0.5) is 5.69 Å². The summed E-state index contributed by atoms with van der Waals surface area (Å²) in [6.45, 7) is 3.13. The molecule has 0 radical (unpaired) electrons. The quantitative estimate of drug-likeness (QED) is 0.751. The van der Waals surface area contributed by atoms with Crippen LogP contribution in [0.3, 0.4) is 0 Å². The van der Waals surface area contributed by atoms with E-state index < -0.39 is 0 Å². The third-order valence-electron chi connectivity index (χ3n) is 2.16. The second-order valence-corrected chi connectivity index (χ2v) is 5.10. The minimum Gasteiger partial charge on any atom is -0.493 e. The summed E-state index contributed by atoms with van der Waals surface area (Å²) in [6.07, 6.45) is 1.15. The lowest BCUT2D eigenvalue weighted by molar-refractivity contribution is 0.416. The lowest BCUT2D eigenvalue weighted by Crippen LogP contribution is -2.04. The number of rotatable bonds is 7. The van der Waals surface area contributed by atoms with Crippen LogP contribution in [0.15, 0.2) is 18.2 Å². The fraction of sp³-hybridized carbons (Fsp3) is 0.500. The smallest absolute Gasteiger partial charge is 0.160 e. The van der Waals surface area contributed by atoms with Gasteiger partial charge in [0.2, 0.25) is 0 Å². The van der Waals surface area contributed by atoms with Crippen molar-refractivity contribution >= 4 is 29.1 Å². The highest BCUT2D eigenvalue weighted by molar-refractivity contribution is 7.99. The molecule has 2 nitrogen and oxygen atoms in total. The summed E-state index contributed by atoms with van der Waals surface area (Å²) in [7, 11) is 1.64. The molecule has 0 atom stereocenters. The lowest BCUT2D eigenvalue weighted by atomic mass is 10.3. The number of hydrogen-bond acceptors (Lipinski definition) is 3. The van der Waals surface area contributed by atoms with E-state index >= 15 is 0 Å². The molecule has 0 saturated carbocycles. The second-order valence-electron chi connectivity index (χ2n) is 3.30. The number of halogens is 1. The van der Waals surface area contributed by atoms with Gasteiger partial charge in [0.05, 0.1) is 17.8 Å². The number of hydrogen-bond donors (Lipinski definition) is 1. The average molecular weight is 260 g/mol. The van der Waals surface area contributed by atoms with Crippen molar-refractivity contribution in [1.82, 2.24) is 0 Å². The normalized spacial score (nSPS) is 10.2. The first-order chi connectivity index (χ1) is 7.79. The summed E-state index contributed by atoms with van der Waals surface area (Å²) in [6, 6.07) is 5.74. The van der Waals surface area contributed by atoms with E-state index in [1.54, 1.807) is 7.11 Å². The molecular formula is C12H18ClNOS. The second kappa shape index (κ2) is 7.69. The SMILES string of the molecule is CCSCCCNc1cccc(Cl)c1OC. The maximum atomic E-state index is 6.02. The van der Waals surface area contributed by atoms with Gasteiger partial charge in [0.1, 0.15) is 0 Å². The molecule has 90 valence electrons. The van der Waals surface area contributed by atoms with Crippen molar-refractivity contribution in [2.75, 3.05) is 30.5 Å². The van der Waals surface area contributed by atoms with Gasteiger partial charge in [-0.3, -0.25) is 0 Å². The van der Waals surface area contributed by atoms with Gasteiger partial charge < -0.3 is 10.1 Å². The zero-order valence-electron chi connectivity index (χ0n) is 9.75. The predicted octanol–water partition coefficient (Wildman–Crippen LogP) is 3.90. The molecule has 0 fully saturated rings. The molecule has 0 aliphatic heterocycles. The first kappa shape index (κ1) is 13.5. The summed E-state index contributed by atoms with van der Waals surface area (Å²) in [5, 5.41) is 3.99. The summed E-state index contributed by atoms with van der Waals surface area (Å²) >= 11 is 7.98. The molecule has 0 aliphatic rings. The zero-order valence-corrected chi connectivity index (χ0v) is 11.3. The lowest BCUT2D eigenvalue weighted by Gasteiger charge is -2.11. The van der Waals surface area contributed by atoms with Crippen molar-refractivity contribution in [3.8, 4) is 5.75 Å². The zero-order chi connectivity index (χ0) is 11.8. The third-order valence-corrected chi connectivity index (χ3v) is 3.44. The van der Waals surface area contributed by atoms with E-state index in [1.165, 1.54) is 11.5 Å². The van der Waals surface area contributed by atoms with Crippen LogP contribution < -0.4 is 10.1 Å². The van der Waals surface area contributed by atoms with Gasteiger partial charge in [0.25, 0.3) is 0 Å². The standard InChI is InChI=1S/C12H18ClNOS/c1-3-16-9-5-8-14-11-7-4-6-10(13)12(11)15-2/h4,6-7,14H,3,5,8-9H2,1-2H3. The monoisotopic (exact) mass is 259 g/mol. The van der Waals surface area contributed by atoms with Crippen molar-refractivity contribution < 1.29 is 4.74 Å². The molecule has 0 saturated heterocycles. The van der Waals surface area contributed by atoms with Crippen molar-refractivity contribution in [2.45, 2.75) is 13.3 Å². The van der Waals surface area contributed by atoms with Crippen molar-refractivity contribution in [3.05, 3.63) is 23.2 Å². The molecule has 0 spiro atoms. The van der Waals surface area contributed by atoms with E-state index in [0.29, 0.717) is 5.02 Å². The van der Waals surface area contributed by atoms with Crippen LogP contribution in [0.5, 0.6) is 5.75 Å². The van der Waals surface area contributed by atoms with E-state index in [9.17, 15) is 0 Å². The minimum atomic E-state index is 0.649. The third kappa shape index (κ3) is 4.14. The first-order valence-electron chi connectivity index (χ1n) is 5.43. The predicted molar refractivity (Wildman–Crippen MR) is 74.1 cm³/mol. The fourth-order valence-electron chi connectivity index (χ4n) is 1.40. The van der Waals surface area contributed by atoms with Crippen LogP contribution in [0.2, 0.25) is 5.02 Å². The van der Waals surface area contributed by atoms with Crippen molar-refractivity contribution in [3.63, 3.8) is 0 Å². The molecule has 16 heavy (non-hydrogen) atoms. The van der Waals surface area contributed by atoms with Crippen molar-refractivity contribution in [1.29, 1.82) is 0 Å². The highest BCUT2D eigenvalue weighted by Gasteiger charge is 2.05. The summed E-state index contributed by atoms with van der Waals surface area (Å²) in [5.74, 6) is 3.10. The van der Waals surface area contributed by atoms with Gasteiger partial charge in [-0.15, -0.1) is 0 Å². The Balaban J connectivity index is 2.44. The van der Waals surface area contributed by atoms with Crippen LogP contribution in [0, 0.1) is 0 Å². The molecule has 0 bridgehead atoms. The van der Waals surface area contributed by atoms with Crippen LogP contribution in [-0.2, 0) is 0 Å². The van der Waals surface area contributed by atoms with Gasteiger partial charge in [-0.05, 0) is 30.1 Å². The largest absolute Gasteiger partial charge is 0.493 e. The molecule has 0 amide bonds. The molecule has 1 rings (SSSR count). The molecule has 0 aliphatic carbocycles. The Morgan fingerprint density at radius 3 is 2.94 bits per heavy atom. The van der Waals surface area contributed by atoms with Gasteiger partial charge in [-0.1, -0.05) is 24.6 Å². The Hall–Kier alpha value is -0.540.